The molecule has 0 radical (unpaired) electrons. The van der Waals surface area contributed by atoms with Crippen LogP contribution < -0.4 is 10.1 Å². The highest BCUT2D eigenvalue weighted by atomic mass is 16.5. The molecule has 0 aliphatic carbocycles. The maximum absolute atomic E-state index is 10.0. The third kappa shape index (κ3) is 2.04. The lowest BCUT2D eigenvalue weighted by Crippen LogP contribution is -2.29. The van der Waals surface area contributed by atoms with Crippen molar-refractivity contribution in [1.82, 2.24) is 0 Å². The maximum atomic E-state index is 10.0. The van der Waals surface area contributed by atoms with Gasteiger partial charge in [0.25, 0.3) is 0 Å². The van der Waals surface area contributed by atoms with Crippen LogP contribution in [0.2, 0.25) is 0 Å². The molecule has 1 aliphatic heterocycles. The van der Waals surface area contributed by atoms with Gasteiger partial charge in [-0.25, -0.2) is 0 Å². The molecule has 0 bridgehead atoms. The summed E-state index contributed by atoms with van der Waals surface area (Å²) in [6.07, 6.45) is 0. The van der Waals surface area contributed by atoms with E-state index in [9.17, 15) is 5.11 Å². The van der Waals surface area contributed by atoms with Crippen LogP contribution in [0.15, 0.2) is 24.3 Å². The average molecular weight is 283 g/mol. The Morgan fingerprint density at radius 1 is 1.00 bits per heavy atom. The average Bonchev–Trinajstić information content (AvgIpc) is 2.41. The predicted octanol–water partition coefficient (Wildman–Crippen LogP) is 4.35. The number of hydrogen-bond acceptors (Lipinski definition) is 3. The van der Waals surface area contributed by atoms with Gasteiger partial charge in [-0.3, -0.25) is 0 Å². The second-order valence-electron chi connectivity index (χ2n) is 6.21. The summed E-state index contributed by atoms with van der Waals surface area (Å²) >= 11 is 0. The van der Waals surface area contributed by atoms with Gasteiger partial charge in [0, 0.05) is 29.9 Å². The second-order valence-corrected chi connectivity index (χ2v) is 6.21. The number of fused-ring (bicyclic) bond motifs is 3. The van der Waals surface area contributed by atoms with Crippen molar-refractivity contribution in [3.8, 4) is 22.6 Å². The van der Waals surface area contributed by atoms with Gasteiger partial charge in [0.1, 0.15) is 17.1 Å². The van der Waals surface area contributed by atoms with Gasteiger partial charge in [-0.05, 0) is 62.6 Å². The lowest BCUT2D eigenvalue weighted by molar-refractivity contribution is 0.105. The van der Waals surface area contributed by atoms with E-state index >= 15 is 0 Å². The predicted molar refractivity (Wildman–Crippen MR) is 86.2 cm³/mol. The van der Waals surface area contributed by atoms with Crippen LogP contribution in [-0.4, -0.2) is 12.2 Å². The molecule has 3 rings (SSSR count). The number of nitrogens with one attached hydrogen (secondary N) is 1. The molecule has 2 N–H and O–H groups in total. The Kier molecular flexibility index (Phi) is 2.90. The number of phenolic OH excluding ortho intramolecular Hbond substituents is 1. The molecule has 0 saturated carbocycles. The van der Waals surface area contributed by atoms with Crippen LogP contribution in [0.3, 0.4) is 0 Å². The van der Waals surface area contributed by atoms with E-state index in [4.69, 9.17) is 4.74 Å². The van der Waals surface area contributed by atoms with Crippen LogP contribution in [0.5, 0.6) is 11.5 Å². The van der Waals surface area contributed by atoms with Gasteiger partial charge >= 0.3 is 0 Å². The van der Waals surface area contributed by atoms with Gasteiger partial charge < -0.3 is 15.2 Å². The molecule has 0 atom stereocenters. The van der Waals surface area contributed by atoms with Crippen LogP contribution in [0.25, 0.3) is 11.1 Å². The third-order valence-electron chi connectivity index (χ3n) is 4.24. The highest BCUT2D eigenvalue weighted by molar-refractivity contribution is 5.81. The van der Waals surface area contributed by atoms with Crippen molar-refractivity contribution in [2.75, 3.05) is 12.4 Å². The first-order valence-electron chi connectivity index (χ1n) is 7.19. The van der Waals surface area contributed by atoms with Crippen LogP contribution in [-0.2, 0) is 5.60 Å². The van der Waals surface area contributed by atoms with Crippen LogP contribution in [0.1, 0.15) is 30.5 Å². The molecule has 0 aromatic heterocycles. The molecule has 2 aromatic rings. The third-order valence-corrected chi connectivity index (χ3v) is 4.24. The van der Waals surface area contributed by atoms with Crippen LogP contribution in [0.4, 0.5) is 5.69 Å². The van der Waals surface area contributed by atoms with Gasteiger partial charge in [-0.2, -0.15) is 0 Å². The number of hydrogen-bond donors (Lipinski definition) is 2. The first-order chi connectivity index (χ1) is 9.83. The summed E-state index contributed by atoms with van der Waals surface area (Å²) in [7, 11) is 1.92. The Morgan fingerprint density at radius 3 is 2.33 bits per heavy atom. The molecular weight excluding hydrogens is 262 g/mol. The van der Waals surface area contributed by atoms with E-state index in [-0.39, 0.29) is 0 Å². The first-order valence-corrected chi connectivity index (χ1v) is 7.19. The van der Waals surface area contributed by atoms with E-state index in [0.717, 1.165) is 33.7 Å². The number of aryl methyl sites for hydroxylation is 2. The molecule has 110 valence electrons. The molecule has 1 heterocycles. The van der Waals surface area contributed by atoms with Crippen molar-refractivity contribution >= 4 is 5.69 Å². The minimum absolute atomic E-state index is 0.317. The summed E-state index contributed by atoms with van der Waals surface area (Å²) in [5.41, 5.74) is 5.92. The molecule has 21 heavy (non-hydrogen) atoms. The van der Waals surface area contributed by atoms with Crippen LogP contribution in [0, 0.1) is 13.8 Å². The highest BCUT2D eigenvalue weighted by Gasteiger charge is 2.33. The zero-order valence-corrected chi connectivity index (χ0v) is 13.2. The molecule has 0 unspecified atom stereocenters. The van der Waals surface area contributed by atoms with E-state index in [1.165, 1.54) is 5.56 Å². The SMILES string of the molecule is CNc1cc2c(cc1C)-c1cc(C)c(O)cc1C(C)(C)O2. The fourth-order valence-corrected chi connectivity index (χ4v) is 3.00. The number of phenols is 1. The van der Waals surface area contributed by atoms with E-state index in [1.54, 1.807) is 0 Å². The van der Waals surface area contributed by atoms with Crippen molar-refractivity contribution in [3.63, 3.8) is 0 Å². The number of aromatic hydroxyl groups is 1. The summed E-state index contributed by atoms with van der Waals surface area (Å²) in [4.78, 5) is 0. The molecule has 0 saturated heterocycles. The molecule has 1 aliphatic rings. The summed E-state index contributed by atoms with van der Waals surface area (Å²) in [6, 6.07) is 8.07. The Morgan fingerprint density at radius 2 is 1.67 bits per heavy atom. The van der Waals surface area contributed by atoms with Crippen molar-refractivity contribution in [3.05, 3.63) is 41.0 Å². The first kappa shape index (κ1) is 13.8. The van der Waals surface area contributed by atoms with Crippen molar-refractivity contribution < 1.29 is 9.84 Å². The fourth-order valence-electron chi connectivity index (χ4n) is 3.00. The second kappa shape index (κ2) is 4.42. The lowest BCUT2D eigenvalue weighted by atomic mass is 9.84. The molecule has 0 fully saturated rings. The topological polar surface area (TPSA) is 41.5 Å². The van der Waals surface area contributed by atoms with Crippen LogP contribution >= 0.6 is 0 Å². The zero-order chi connectivity index (χ0) is 15.4. The number of rotatable bonds is 1. The standard InChI is InChI=1S/C18H21NO2/c1-10-6-13-12-7-11(2)16(20)8-14(12)18(3,4)21-17(13)9-15(10)19-5/h6-9,19-20H,1-5H3. The van der Waals surface area contributed by atoms with Gasteiger partial charge in [0.2, 0.25) is 0 Å². The molecule has 2 aromatic carbocycles. The number of anilines is 1. The van der Waals surface area contributed by atoms with E-state index in [0.29, 0.717) is 5.75 Å². The Bertz CT molecular complexity index is 732. The molecule has 0 amide bonds. The minimum Gasteiger partial charge on any atom is -0.508 e. The molecule has 3 heteroatoms. The summed E-state index contributed by atoms with van der Waals surface area (Å²) < 4.78 is 6.19. The van der Waals surface area contributed by atoms with Gasteiger partial charge in [0.15, 0.2) is 0 Å². The van der Waals surface area contributed by atoms with Gasteiger partial charge in [-0.1, -0.05) is 0 Å². The Hall–Kier alpha value is -2.16. The summed E-state index contributed by atoms with van der Waals surface area (Å²) in [6.45, 7) is 8.07. The van der Waals surface area contributed by atoms with E-state index < -0.39 is 5.60 Å². The van der Waals surface area contributed by atoms with Crippen molar-refractivity contribution in [2.45, 2.75) is 33.3 Å². The molecular formula is C18H21NO2. The van der Waals surface area contributed by atoms with Crippen molar-refractivity contribution in [1.29, 1.82) is 0 Å². The summed E-state index contributed by atoms with van der Waals surface area (Å²) in [5.74, 6) is 1.20. The smallest absolute Gasteiger partial charge is 0.130 e. The molecule has 0 spiro atoms. The fraction of sp³-hybridized carbons (Fsp3) is 0.333. The minimum atomic E-state index is -0.465. The normalized spacial score (nSPS) is 14.9. The molecule has 3 nitrogen and oxygen atoms in total. The zero-order valence-electron chi connectivity index (χ0n) is 13.2. The maximum Gasteiger partial charge on any atom is 0.130 e. The number of ether oxygens (including phenoxy) is 1. The van der Waals surface area contributed by atoms with E-state index in [2.05, 4.69) is 24.4 Å². The lowest BCUT2D eigenvalue weighted by Gasteiger charge is -2.36. The monoisotopic (exact) mass is 283 g/mol. The van der Waals surface area contributed by atoms with Crippen molar-refractivity contribution in [2.24, 2.45) is 0 Å². The van der Waals surface area contributed by atoms with Gasteiger partial charge in [-0.15, -0.1) is 0 Å². The largest absolute Gasteiger partial charge is 0.508 e. The highest BCUT2D eigenvalue weighted by Crippen LogP contribution is 2.48. The number of benzene rings is 2. The quantitative estimate of drug-likeness (QED) is 0.817. The summed E-state index contributed by atoms with van der Waals surface area (Å²) in [5, 5.41) is 13.2. The Balaban J connectivity index is 2.32. The van der Waals surface area contributed by atoms with Gasteiger partial charge in [0.05, 0.1) is 0 Å². The van der Waals surface area contributed by atoms with E-state index in [1.807, 2.05) is 40.0 Å². The Labute approximate surface area is 125 Å².